The fraction of sp³-hybridized carbons (Fsp3) is 0.731. The Hall–Kier alpha value is -1.15. The Kier molecular flexibility index (Phi) is 5.01. The number of hydrogen-bond acceptors (Lipinski definition) is 2. The third-order valence-electron chi connectivity index (χ3n) is 9.00. The topological polar surface area (TPSA) is 37.3 Å². The maximum atomic E-state index is 11.9. The van der Waals surface area contributed by atoms with Crippen LogP contribution >= 0.6 is 0 Å². The summed E-state index contributed by atoms with van der Waals surface area (Å²) in [7, 11) is 0. The van der Waals surface area contributed by atoms with Crippen molar-refractivity contribution in [3.63, 3.8) is 0 Å². The predicted molar refractivity (Wildman–Crippen MR) is 115 cm³/mol. The van der Waals surface area contributed by atoms with Gasteiger partial charge >= 0.3 is 0 Å². The lowest BCUT2D eigenvalue weighted by Gasteiger charge is -2.59. The maximum absolute atomic E-state index is 11.9. The fourth-order valence-corrected chi connectivity index (χ4v) is 7.76. The monoisotopic (exact) mass is 382 g/mol. The number of allylic oxidation sites excluding steroid dienone is 6. The van der Waals surface area contributed by atoms with E-state index in [1.54, 1.807) is 6.08 Å². The van der Waals surface area contributed by atoms with Gasteiger partial charge in [-0.25, -0.2) is 0 Å². The quantitative estimate of drug-likeness (QED) is 0.633. The average molecular weight is 383 g/mol. The fourth-order valence-electron chi connectivity index (χ4n) is 7.76. The number of ketones is 1. The molecule has 0 aliphatic heterocycles. The van der Waals surface area contributed by atoms with Gasteiger partial charge in [0.25, 0.3) is 0 Å². The van der Waals surface area contributed by atoms with Crippen LogP contribution in [-0.4, -0.2) is 17.0 Å². The van der Waals surface area contributed by atoms with Gasteiger partial charge in [-0.15, -0.1) is 0 Å². The first-order chi connectivity index (χ1) is 13.2. The summed E-state index contributed by atoms with van der Waals surface area (Å²) in [6.07, 6.45) is 15.9. The molecule has 0 aromatic heterocycles. The summed E-state index contributed by atoms with van der Waals surface area (Å²) in [5.41, 5.74) is 1.35. The van der Waals surface area contributed by atoms with Crippen LogP contribution in [0.2, 0.25) is 0 Å². The van der Waals surface area contributed by atoms with E-state index in [0.717, 1.165) is 19.3 Å². The molecule has 4 aliphatic carbocycles. The molecule has 8 atom stereocenters. The molecule has 0 saturated heterocycles. The summed E-state index contributed by atoms with van der Waals surface area (Å²) in [4.78, 5) is 11.9. The Balaban J connectivity index is 1.63. The average Bonchev–Trinajstić information content (AvgIpc) is 2.96. The molecule has 0 aromatic carbocycles. The van der Waals surface area contributed by atoms with Crippen molar-refractivity contribution in [3.05, 3.63) is 36.0 Å². The number of carbonyl (C=O) groups is 1. The third-order valence-corrected chi connectivity index (χ3v) is 9.00. The van der Waals surface area contributed by atoms with Crippen LogP contribution in [0.3, 0.4) is 0 Å². The normalized spacial score (nSPS) is 46.3. The Morgan fingerprint density at radius 1 is 1.14 bits per heavy atom. The molecule has 0 heterocycles. The number of hydrogen-bond donors (Lipinski definition) is 1. The molecule has 0 unspecified atom stereocenters. The van der Waals surface area contributed by atoms with E-state index in [-0.39, 0.29) is 28.6 Å². The van der Waals surface area contributed by atoms with Crippen molar-refractivity contribution in [2.45, 2.75) is 72.8 Å². The van der Waals surface area contributed by atoms with Crippen molar-refractivity contribution in [1.29, 1.82) is 0 Å². The molecule has 4 rings (SSSR count). The van der Waals surface area contributed by atoms with Crippen LogP contribution in [0.5, 0.6) is 0 Å². The van der Waals surface area contributed by atoms with Crippen molar-refractivity contribution < 1.29 is 9.90 Å². The second-order valence-electron chi connectivity index (χ2n) is 11.0. The van der Waals surface area contributed by atoms with Crippen LogP contribution in [0.25, 0.3) is 0 Å². The second-order valence-corrected chi connectivity index (χ2v) is 11.0. The Labute approximate surface area is 171 Å². The third kappa shape index (κ3) is 2.98. The SMILES string of the molecule is CC(C)/C=C/[C@@H](C)[C@H]1CC[C@H]2[C@@H]3CCC4=CC(=O)C=C[C@]4(C)[C@H]3[C@@H](O)C[C@]12C. The van der Waals surface area contributed by atoms with Gasteiger partial charge in [-0.2, -0.15) is 0 Å². The van der Waals surface area contributed by atoms with Crippen LogP contribution in [0.4, 0.5) is 0 Å². The molecule has 2 heteroatoms. The van der Waals surface area contributed by atoms with E-state index in [0.29, 0.717) is 29.6 Å². The van der Waals surface area contributed by atoms with Gasteiger partial charge in [-0.05, 0) is 79.3 Å². The minimum atomic E-state index is -0.278. The summed E-state index contributed by atoms with van der Waals surface area (Å²) in [6.45, 7) is 11.6. The summed E-state index contributed by atoms with van der Waals surface area (Å²) >= 11 is 0. The zero-order valence-corrected chi connectivity index (χ0v) is 18.3. The van der Waals surface area contributed by atoms with Crippen LogP contribution in [0, 0.1) is 46.3 Å². The van der Waals surface area contributed by atoms with E-state index in [2.05, 4.69) is 52.8 Å². The Bertz CT molecular complexity index is 729. The molecule has 4 aliphatic rings. The van der Waals surface area contributed by atoms with Crippen LogP contribution in [0.15, 0.2) is 36.0 Å². The Morgan fingerprint density at radius 3 is 2.61 bits per heavy atom. The number of carbonyl (C=O) groups excluding carboxylic acids is 1. The highest BCUT2D eigenvalue weighted by molar-refractivity contribution is 6.01. The maximum Gasteiger partial charge on any atom is 0.178 e. The van der Waals surface area contributed by atoms with Crippen molar-refractivity contribution >= 4 is 5.78 Å². The molecule has 0 aromatic rings. The lowest BCUT2D eigenvalue weighted by molar-refractivity contribution is -0.120. The van der Waals surface area contributed by atoms with E-state index in [9.17, 15) is 9.90 Å². The summed E-state index contributed by atoms with van der Waals surface area (Å²) in [5, 5.41) is 11.4. The predicted octanol–water partition coefficient (Wildman–Crippen LogP) is 5.73. The molecule has 3 saturated carbocycles. The van der Waals surface area contributed by atoms with E-state index >= 15 is 0 Å². The molecule has 2 nitrogen and oxygen atoms in total. The van der Waals surface area contributed by atoms with Gasteiger partial charge in [0.15, 0.2) is 5.78 Å². The number of rotatable bonds is 3. The van der Waals surface area contributed by atoms with Crippen molar-refractivity contribution in [3.8, 4) is 0 Å². The number of fused-ring (bicyclic) bond motifs is 5. The smallest absolute Gasteiger partial charge is 0.178 e. The summed E-state index contributed by atoms with van der Waals surface area (Å²) in [5.74, 6) is 3.48. The van der Waals surface area contributed by atoms with Gasteiger partial charge < -0.3 is 5.11 Å². The van der Waals surface area contributed by atoms with Crippen LogP contribution in [-0.2, 0) is 4.79 Å². The minimum Gasteiger partial charge on any atom is -0.393 e. The van der Waals surface area contributed by atoms with Crippen molar-refractivity contribution in [2.75, 3.05) is 0 Å². The zero-order valence-electron chi connectivity index (χ0n) is 18.3. The highest BCUT2D eigenvalue weighted by Gasteiger charge is 2.61. The van der Waals surface area contributed by atoms with Gasteiger partial charge in [0.05, 0.1) is 6.10 Å². The van der Waals surface area contributed by atoms with E-state index < -0.39 is 0 Å². The van der Waals surface area contributed by atoms with Crippen molar-refractivity contribution in [1.82, 2.24) is 0 Å². The number of aliphatic hydroxyl groups is 1. The molecule has 0 bridgehead atoms. The molecular formula is C26H38O2. The van der Waals surface area contributed by atoms with E-state index in [4.69, 9.17) is 0 Å². The lowest BCUT2D eigenvalue weighted by atomic mass is 9.46. The van der Waals surface area contributed by atoms with E-state index in [1.807, 2.05) is 6.08 Å². The van der Waals surface area contributed by atoms with Gasteiger partial charge in [0.1, 0.15) is 0 Å². The van der Waals surface area contributed by atoms with Gasteiger partial charge in [-0.1, -0.05) is 58.4 Å². The summed E-state index contributed by atoms with van der Waals surface area (Å²) < 4.78 is 0. The molecule has 0 spiro atoms. The van der Waals surface area contributed by atoms with Gasteiger partial charge in [-0.3, -0.25) is 4.79 Å². The Morgan fingerprint density at radius 2 is 1.89 bits per heavy atom. The lowest BCUT2D eigenvalue weighted by Crippen LogP contribution is -2.56. The molecule has 1 N–H and O–H groups in total. The molecular weight excluding hydrogens is 344 g/mol. The first-order valence-corrected chi connectivity index (χ1v) is 11.5. The highest BCUT2D eigenvalue weighted by Crippen LogP contribution is 2.66. The van der Waals surface area contributed by atoms with Crippen LogP contribution < -0.4 is 0 Å². The largest absolute Gasteiger partial charge is 0.393 e. The molecule has 3 fully saturated rings. The van der Waals surface area contributed by atoms with Gasteiger partial charge in [0, 0.05) is 11.3 Å². The first kappa shape index (κ1) is 20.1. The summed E-state index contributed by atoms with van der Waals surface area (Å²) in [6, 6.07) is 0. The van der Waals surface area contributed by atoms with Crippen LogP contribution in [0.1, 0.15) is 66.7 Å². The molecule has 154 valence electrons. The zero-order chi connectivity index (χ0) is 20.3. The number of aliphatic hydroxyl groups excluding tert-OH is 1. The molecule has 0 amide bonds. The second kappa shape index (κ2) is 6.97. The van der Waals surface area contributed by atoms with Crippen molar-refractivity contribution in [2.24, 2.45) is 46.3 Å². The molecule has 0 radical (unpaired) electrons. The minimum absolute atomic E-state index is 0.118. The van der Waals surface area contributed by atoms with Gasteiger partial charge in [0.2, 0.25) is 0 Å². The standard InChI is InChI=1S/C26H38O2/c1-16(2)6-7-17(3)21-10-11-22-20-9-8-18-14-19(27)12-13-25(18,4)24(20)23(28)15-26(21,22)5/h6-7,12-14,16-17,20-24,28H,8-11,15H2,1-5H3/b7-6+/t17-,20+,21-,22+,23+,24-,25+,26-/m1/s1. The molecule has 28 heavy (non-hydrogen) atoms. The highest BCUT2D eigenvalue weighted by atomic mass is 16.3. The first-order valence-electron chi connectivity index (χ1n) is 11.5. The van der Waals surface area contributed by atoms with E-state index in [1.165, 1.54) is 18.4 Å².